The molecule has 4 heteroatoms. The lowest BCUT2D eigenvalue weighted by atomic mass is 10.1. The Hall–Kier alpha value is -0.930. The van der Waals surface area contributed by atoms with Crippen LogP contribution in [0.15, 0.2) is 24.4 Å². The molecule has 0 bridgehead atoms. The molecule has 0 saturated carbocycles. The second-order valence-electron chi connectivity index (χ2n) is 2.34. The standard InChI is InChI=1S/C7H8F3N/c8-7(9,10)5-6-3-1-2-4-11-6/h1-4,6,11H,5H2. The lowest BCUT2D eigenvalue weighted by molar-refractivity contribution is -0.137. The van der Waals surface area contributed by atoms with Crippen LogP contribution >= 0.6 is 0 Å². The molecule has 1 N–H and O–H groups in total. The maximum Gasteiger partial charge on any atom is 0.391 e. The number of dihydropyridines is 1. The number of rotatable bonds is 1. The third kappa shape index (κ3) is 3.11. The van der Waals surface area contributed by atoms with Gasteiger partial charge in [-0.05, 0) is 12.3 Å². The molecule has 1 aliphatic heterocycles. The number of halogens is 3. The van der Waals surface area contributed by atoms with Crippen LogP contribution in [0.4, 0.5) is 13.2 Å². The normalized spacial score (nSPS) is 23.4. The van der Waals surface area contributed by atoms with Crippen molar-refractivity contribution in [1.29, 1.82) is 0 Å². The molecule has 1 rings (SSSR count). The highest BCUT2D eigenvalue weighted by Gasteiger charge is 2.30. The molecular formula is C7H8F3N. The van der Waals surface area contributed by atoms with Crippen LogP contribution in [0.3, 0.4) is 0 Å². The van der Waals surface area contributed by atoms with Gasteiger partial charge >= 0.3 is 6.18 Å². The van der Waals surface area contributed by atoms with Gasteiger partial charge in [0.1, 0.15) is 0 Å². The van der Waals surface area contributed by atoms with Crippen LogP contribution in [0.2, 0.25) is 0 Å². The lowest BCUT2D eigenvalue weighted by Crippen LogP contribution is -2.29. The van der Waals surface area contributed by atoms with Gasteiger partial charge in [0.05, 0.1) is 12.5 Å². The van der Waals surface area contributed by atoms with E-state index in [1.54, 1.807) is 12.2 Å². The molecule has 0 aromatic heterocycles. The minimum atomic E-state index is -4.09. The first-order valence-corrected chi connectivity index (χ1v) is 3.24. The van der Waals surface area contributed by atoms with Gasteiger partial charge in [0.25, 0.3) is 0 Å². The summed E-state index contributed by atoms with van der Waals surface area (Å²) in [4.78, 5) is 0. The molecule has 1 unspecified atom stereocenters. The zero-order valence-electron chi connectivity index (χ0n) is 5.73. The second-order valence-corrected chi connectivity index (χ2v) is 2.34. The molecule has 0 fully saturated rings. The predicted octanol–water partition coefficient (Wildman–Crippen LogP) is 1.98. The van der Waals surface area contributed by atoms with Gasteiger partial charge in [-0.15, -0.1) is 0 Å². The largest absolute Gasteiger partial charge is 0.391 e. The van der Waals surface area contributed by atoms with Crippen LogP contribution in [0.5, 0.6) is 0 Å². The molecule has 1 heterocycles. The van der Waals surface area contributed by atoms with Crippen LogP contribution in [-0.4, -0.2) is 12.2 Å². The molecule has 0 saturated heterocycles. The summed E-state index contributed by atoms with van der Waals surface area (Å²) in [6.45, 7) is 0. The van der Waals surface area contributed by atoms with Gasteiger partial charge in [0.2, 0.25) is 0 Å². The fraction of sp³-hybridized carbons (Fsp3) is 0.429. The molecule has 1 atom stereocenters. The van der Waals surface area contributed by atoms with Gasteiger partial charge in [-0.1, -0.05) is 12.2 Å². The van der Waals surface area contributed by atoms with Crippen molar-refractivity contribution in [3.63, 3.8) is 0 Å². The fourth-order valence-corrected chi connectivity index (χ4v) is 0.865. The molecule has 1 aliphatic rings. The van der Waals surface area contributed by atoms with E-state index in [1.165, 1.54) is 12.3 Å². The van der Waals surface area contributed by atoms with E-state index in [2.05, 4.69) is 5.32 Å². The van der Waals surface area contributed by atoms with Gasteiger partial charge in [-0.25, -0.2) is 0 Å². The van der Waals surface area contributed by atoms with Gasteiger partial charge in [-0.3, -0.25) is 0 Å². The number of nitrogens with one attached hydrogen (secondary N) is 1. The van der Waals surface area contributed by atoms with Crippen molar-refractivity contribution in [2.45, 2.75) is 18.6 Å². The molecule has 1 nitrogen and oxygen atoms in total. The molecule has 0 aliphatic carbocycles. The van der Waals surface area contributed by atoms with Crippen molar-refractivity contribution >= 4 is 0 Å². The average Bonchev–Trinajstić information content (AvgIpc) is 1.85. The van der Waals surface area contributed by atoms with Crippen LogP contribution in [0, 0.1) is 0 Å². The molecule has 0 aromatic rings. The summed E-state index contributed by atoms with van der Waals surface area (Å²) in [6, 6.07) is -0.597. The maximum absolute atomic E-state index is 11.7. The quantitative estimate of drug-likeness (QED) is 0.623. The first kappa shape index (κ1) is 8.17. The van der Waals surface area contributed by atoms with E-state index in [9.17, 15) is 13.2 Å². The minimum Gasteiger partial charge on any atom is -0.384 e. The monoisotopic (exact) mass is 163 g/mol. The highest BCUT2D eigenvalue weighted by atomic mass is 19.4. The van der Waals surface area contributed by atoms with Crippen LogP contribution < -0.4 is 5.32 Å². The topological polar surface area (TPSA) is 12.0 Å². The Balaban J connectivity index is 2.39. The van der Waals surface area contributed by atoms with Gasteiger partial charge in [0.15, 0.2) is 0 Å². The lowest BCUT2D eigenvalue weighted by Gasteiger charge is -2.16. The Bertz CT molecular complexity index is 181. The third-order valence-corrected chi connectivity index (χ3v) is 1.31. The van der Waals surface area contributed by atoms with Crippen molar-refractivity contribution in [3.05, 3.63) is 24.4 Å². The summed E-state index contributed by atoms with van der Waals surface area (Å²) >= 11 is 0. The Labute approximate surface area is 62.6 Å². The Kier molecular flexibility index (Phi) is 2.22. The molecule has 0 amide bonds. The number of allylic oxidation sites excluding steroid dienone is 2. The summed E-state index contributed by atoms with van der Waals surface area (Å²) in [7, 11) is 0. The van der Waals surface area contributed by atoms with Crippen molar-refractivity contribution < 1.29 is 13.2 Å². The highest BCUT2D eigenvalue weighted by molar-refractivity contribution is 5.12. The molecule has 0 spiro atoms. The number of hydrogen-bond acceptors (Lipinski definition) is 1. The zero-order chi connectivity index (χ0) is 8.32. The zero-order valence-corrected chi connectivity index (χ0v) is 5.73. The van der Waals surface area contributed by atoms with Crippen LogP contribution in [0.25, 0.3) is 0 Å². The van der Waals surface area contributed by atoms with E-state index in [-0.39, 0.29) is 0 Å². The Morgan fingerprint density at radius 1 is 1.27 bits per heavy atom. The SMILES string of the molecule is FC(F)(F)CC1C=CC=CN1. The van der Waals surface area contributed by atoms with E-state index in [0.29, 0.717) is 0 Å². The molecular weight excluding hydrogens is 155 g/mol. The summed E-state index contributed by atoms with van der Waals surface area (Å²) in [5, 5.41) is 2.59. The van der Waals surface area contributed by atoms with Crippen LogP contribution in [-0.2, 0) is 0 Å². The van der Waals surface area contributed by atoms with Crippen molar-refractivity contribution in [2.24, 2.45) is 0 Å². The van der Waals surface area contributed by atoms with Crippen molar-refractivity contribution in [2.75, 3.05) is 0 Å². The van der Waals surface area contributed by atoms with Crippen molar-refractivity contribution in [3.8, 4) is 0 Å². The average molecular weight is 163 g/mol. The van der Waals surface area contributed by atoms with Gasteiger partial charge < -0.3 is 5.32 Å². The van der Waals surface area contributed by atoms with E-state index in [4.69, 9.17) is 0 Å². The molecule has 11 heavy (non-hydrogen) atoms. The van der Waals surface area contributed by atoms with Gasteiger partial charge in [0, 0.05) is 0 Å². The van der Waals surface area contributed by atoms with Crippen molar-refractivity contribution in [1.82, 2.24) is 5.32 Å². The second kappa shape index (κ2) is 2.98. The predicted molar refractivity (Wildman–Crippen MR) is 35.9 cm³/mol. The van der Waals surface area contributed by atoms with E-state index in [1.807, 2.05) is 0 Å². The fourth-order valence-electron chi connectivity index (χ4n) is 0.865. The van der Waals surface area contributed by atoms with E-state index < -0.39 is 18.6 Å². The highest BCUT2D eigenvalue weighted by Crippen LogP contribution is 2.22. The molecule has 0 aromatic carbocycles. The smallest absolute Gasteiger partial charge is 0.384 e. The Morgan fingerprint density at radius 3 is 2.45 bits per heavy atom. The number of alkyl halides is 3. The minimum absolute atomic E-state index is 0.597. The van der Waals surface area contributed by atoms with E-state index >= 15 is 0 Å². The summed E-state index contributed by atoms with van der Waals surface area (Å²) in [5.74, 6) is 0. The summed E-state index contributed by atoms with van der Waals surface area (Å²) in [5.41, 5.74) is 0. The van der Waals surface area contributed by atoms with E-state index in [0.717, 1.165) is 0 Å². The number of hydrogen-bond donors (Lipinski definition) is 1. The molecule has 0 radical (unpaired) electrons. The first-order chi connectivity index (χ1) is 5.08. The third-order valence-electron chi connectivity index (χ3n) is 1.31. The maximum atomic E-state index is 11.7. The summed E-state index contributed by atoms with van der Waals surface area (Å²) in [6.07, 6.45) is 1.37. The summed E-state index contributed by atoms with van der Waals surface area (Å²) < 4.78 is 35.2. The first-order valence-electron chi connectivity index (χ1n) is 3.24. The Morgan fingerprint density at radius 2 is 2.00 bits per heavy atom. The van der Waals surface area contributed by atoms with Gasteiger partial charge in [-0.2, -0.15) is 13.2 Å². The molecule has 62 valence electrons. The van der Waals surface area contributed by atoms with Crippen LogP contribution in [0.1, 0.15) is 6.42 Å².